The third-order valence-electron chi connectivity index (χ3n) is 10.1. The molecule has 1 unspecified atom stereocenters. The molecule has 3 atom stereocenters. The predicted molar refractivity (Wildman–Crippen MR) is 188 cm³/mol. The summed E-state index contributed by atoms with van der Waals surface area (Å²) in [5.41, 5.74) is 2.69. The summed E-state index contributed by atoms with van der Waals surface area (Å²) in [6.45, 7) is 3.80. The molecule has 3 fully saturated rings. The Balaban J connectivity index is 0.845. The van der Waals surface area contributed by atoms with Crippen LogP contribution >= 0.6 is 0 Å². The lowest BCUT2D eigenvalue weighted by atomic mass is 9.94. The van der Waals surface area contributed by atoms with Crippen LogP contribution < -0.4 is 20.2 Å². The highest BCUT2D eigenvalue weighted by Gasteiger charge is 2.46. The molecular formula is C38H39F2N7O5. The molecule has 4 heterocycles. The zero-order chi connectivity index (χ0) is 35.7. The van der Waals surface area contributed by atoms with Gasteiger partial charge in [-0.2, -0.15) is 5.10 Å². The van der Waals surface area contributed by atoms with E-state index in [9.17, 15) is 18.4 Å². The van der Waals surface area contributed by atoms with Gasteiger partial charge >= 0.3 is 5.69 Å². The van der Waals surface area contributed by atoms with Crippen LogP contribution in [0.2, 0.25) is 0 Å². The molecule has 1 aliphatic carbocycles. The first kappa shape index (κ1) is 33.8. The summed E-state index contributed by atoms with van der Waals surface area (Å²) in [6.07, 6.45) is 8.89. The van der Waals surface area contributed by atoms with Crippen molar-refractivity contribution in [3.8, 4) is 11.4 Å². The summed E-state index contributed by atoms with van der Waals surface area (Å²) in [5.74, 6) is -2.13. The molecule has 2 saturated heterocycles. The fourth-order valence-electron chi connectivity index (χ4n) is 7.30. The molecule has 2 aliphatic heterocycles. The van der Waals surface area contributed by atoms with Gasteiger partial charge in [0.15, 0.2) is 5.78 Å². The van der Waals surface area contributed by atoms with Gasteiger partial charge in [-0.15, -0.1) is 0 Å². The van der Waals surface area contributed by atoms with E-state index in [0.717, 1.165) is 56.5 Å². The minimum absolute atomic E-state index is 0.0803. The number of ether oxygens (including phenoxy) is 3. The van der Waals surface area contributed by atoms with Crippen LogP contribution in [0.3, 0.4) is 0 Å². The maximum Gasteiger partial charge on any atom is 0.351 e. The van der Waals surface area contributed by atoms with Crippen LogP contribution in [-0.4, -0.2) is 75.2 Å². The van der Waals surface area contributed by atoms with Crippen LogP contribution in [0.15, 0.2) is 96.6 Å². The van der Waals surface area contributed by atoms with Crippen molar-refractivity contribution in [1.82, 2.24) is 23.9 Å². The lowest BCUT2D eigenvalue weighted by Gasteiger charge is -2.37. The van der Waals surface area contributed by atoms with Gasteiger partial charge in [0.1, 0.15) is 42.5 Å². The van der Waals surface area contributed by atoms with Crippen LogP contribution in [-0.2, 0) is 26.6 Å². The molecule has 0 N–H and O–H groups in total. The van der Waals surface area contributed by atoms with E-state index in [0.29, 0.717) is 24.3 Å². The molecule has 8 rings (SSSR count). The number of hydrogen-bond donors (Lipinski definition) is 0. The van der Waals surface area contributed by atoms with Crippen molar-refractivity contribution < 1.29 is 27.8 Å². The van der Waals surface area contributed by atoms with E-state index in [1.807, 2.05) is 48.5 Å². The second kappa shape index (κ2) is 14.4. The number of imidazole rings is 1. The number of benzene rings is 3. The number of piperazine rings is 1. The van der Waals surface area contributed by atoms with Crippen molar-refractivity contribution >= 4 is 17.2 Å². The number of halogens is 2. The van der Waals surface area contributed by atoms with Crippen molar-refractivity contribution in [2.24, 2.45) is 0 Å². The molecule has 52 heavy (non-hydrogen) atoms. The molecule has 0 amide bonds. The number of carbonyl (C=O) groups excluding carboxylic acids is 1. The standard InChI is InChI=1S/C38H39F2N7O5/c39-27-5-14-33(34(40)21-27)38(24-43-16-15-41-25-43)51-23-32(52-38)22-50-31-12-10-29(11-13-31)45-19-17-44(18-20-45)28-6-8-30(9-7-28)46-26-42-47(37(46)49)35-3-1-2-4-36(35)48/h5-16,21,25-26,32,35H,1-4,17-20,22-24H2/t32-,35?,38-/m1/s1. The summed E-state index contributed by atoms with van der Waals surface area (Å²) in [7, 11) is 0. The van der Waals surface area contributed by atoms with Crippen molar-refractivity contribution in [3.63, 3.8) is 0 Å². The SMILES string of the molecule is O=C1CCCCC1n1ncn(-c2ccc(N3CCN(c4ccc(OC[C@@H]5CO[C@@](Cn6ccnc6)(c6ccc(F)cc6F)O5)cc4)CC3)cc2)c1=O. The minimum atomic E-state index is -1.46. The van der Waals surface area contributed by atoms with Gasteiger partial charge in [0.25, 0.3) is 0 Å². The third kappa shape index (κ3) is 6.83. The third-order valence-corrected chi connectivity index (χ3v) is 10.1. The Morgan fingerprint density at radius 3 is 2.25 bits per heavy atom. The van der Waals surface area contributed by atoms with Crippen LogP contribution in [0.25, 0.3) is 5.69 Å². The lowest BCUT2D eigenvalue weighted by Crippen LogP contribution is -2.46. The molecule has 3 aromatic carbocycles. The Morgan fingerprint density at radius 2 is 1.58 bits per heavy atom. The molecule has 2 aromatic heterocycles. The van der Waals surface area contributed by atoms with Gasteiger partial charge in [-0.25, -0.2) is 27.8 Å². The van der Waals surface area contributed by atoms with E-state index < -0.39 is 29.6 Å². The average molecular weight is 712 g/mol. The minimum Gasteiger partial charge on any atom is -0.491 e. The summed E-state index contributed by atoms with van der Waals surface area (Å²) in [4.78, 5) is 34.2. The van der Waals surface area contributed by atoms with Crippen molar-refractivity contribution in [2.45, 2.75) is 50.2 Å². The maximum absolute atomic E-state index is 14.9. The Labute approximate surface area is 298 Å². The Kier molecular flexibility index (Phi) is 9.32. The number of carbonyl (C=O) groups is 1. The van der Waals surface area contributed by atoms with E-state index in [2.05, 4.69) is 19.9 Å². The molecule has 0 radical (unpaired) electrons. The molecule has 12 nitrogen and oxygen atoms in total. The van der Waals surface area contributed by atoms with E-state index in [4.69, 9.17) is 14.2 Å². The number of anilines is 2. The quantitative estimate of drug-likeness (QED) is 0.201. The van der Waals surface area contributed by atoms with E-state index in [1.165, 1.54) is 27.7 Å². The molecular weight excluding hydrogens is 672 g/mol. The zero-order valence-electron chi connectivity index (χ0n) is 28.5. The highest BCUT2D eigenvalue weighted by molar-refractivity contribution is 5.83. The molecule has 14 heteroatoms. The number of hydrogen-bond acceptors (Lipinski definition) is 9. The summed E-state index contributed by atoms with van der Waals surface area (Å²) >= 11 is 0. The number of Topliss-reactive ketones (excluding diaryl/α,β-unsaturated/α-hetero) is 1. The smallest absolute Gasteiger partial charge is 0.351 e. The first-order valence-electron chi connectivity index (χ1n) is 17.6. The fraction of sp³-hybridized carbons (Fsp3) is 0.368. The molecule has 0 bridgehead atoms. The Bertz CT molecular complexity index is 2060. The van der Waals surface area contributed by atoms with Gasteiger partial charge in [0, 0.05) is 68.0 Å². The van der Waals surface area contributed by atoms with Gasteiger partial charge < -0.3 is 28.6 Å². The molecule has 0 spiro atoms. The van der Waals surface area contributed by atoms with Gasteiger partial charge in [-0.1, -0.05) is 6.42 Å². The molecule has 1 saturated carbocycles. The second-order valence-electron chi connectivity index (χ2n) is 13.4. The zero-order valence-corrected chi connectivity index (χ0v) is 28.5. The molecule has 3 aliphatic rings. The number of aromatic nitrogens is 5. The van der Waals surface area contributed by atoms with Gasteiger partial charge in [-0.05, 0) is 73.5 Å². The Hall–Kier alpha value is -5.34. The maximum atomic E-state index is 14.9. The summed E-state index contributed by atoms with van der Waals surface area (Å²) in [6, 6.07) is 18.7. The summed E-state index contributed by atoms with van der Waals surface area (Å²) in [5, 5.41) is 4.27. The van der Waals surface area contributed by atoms with E-state index in [1.54, 1.807) is 23.3 Å². The normalized spacial score (nSPS) is 22.2. The number of ketones is 1. The number of rotatable bonds is 10. The molecule has 5 aromatic rings. The van der Waals surface area contributed by atoms with Crippen molar-refractivity contribution in [2.75, 3.05) is 49.2 Å². The van der Waals surface area contributed by atoms with Crippen LogP contribution in [0.5, 0.6) is 5.75 Å². The lowest BCUT2D eigenvalue weighted by molar-refractivity contribution is -0.191. The van der Waals surface area contributed by atoms with E-state index in [-0.39, 0.29) is 36.8 Å². The Morgan fingerprint density at radius 1 is 0.865 bits per heavy atom. The van der Waals surface area contributed by atoms with Crippen LogP contribution in [0.1, 0.15) is 37.3 Å². The highest BCUT2D eigenvalue weighted by atomic mass is 19.1. The monoisotopic (exact) mass is 711 g/mol. The second-order valence-corrected chi connectivity index (χ2v) is 13.4. The largest absolute Gasteiger partial charge is 0.491 e. The molecule has 270 valence electrons. The van der Waals surface area contributed by atoms with Gasteiger partial charge in [-0.3, -0.25) is 4.79 Å². The van der Waals surface area contributed by atoms with Crippen LogP contribution in [0, 0.1) is 11.6 Å². The van der Waals surface area contributed by atoms with Gasteiger partial charge in [0.05, 0.1) is 25.2 Å². The first-order valence-corrected chi connectivity index (χ1v) is 17.6. The number of nitrogens with zero attached hydrogens (tertiary/aromatic N) is 7. The first-order chi connectivity index (χ1) is 25.3. The predicted octanol–water partition coefficient (Wildman–Crippen LogP) is 4.87. The van der Waals surface area contributed by atoms with E-state index >= 15 is 0 Å². The highest BCUT2D eigenvalue weighted by Crippen LogP contribution is 2.38. The van der Waals surface area contributed by atoms with Crippen LogP contribution in [0.4, 0.5) is 20.2 Å². The summed E-state index contributed by atoms with van der Waals surface area (Å²) < 4.78 is 51.6. The fourth-order valence-corrected chi connectivity index (χ4v) is 7.30. The van der Waals surface area contributed by atoms with Crippen molar-refractivity contribution in [3.05, 3.63) is 119 Å². The average Bonchev–Trinajstić information content (AvgIpc) is 3.93. The topological polar surface area (TPSA) is 109 Å². The van der Waals surface area contributed by atoms with Gasteiger partial charge in [0.2, 0.25) is 5.79 Å². The van der Waals surface area contributed by atoms with Crippen molar-refractivity contribution in [1.29, 1.82) is 0 Å².